The van der Waals surface area contributed by atoms with Crippen molar-refractivity contribution in [3.8, 4) is 5.88 Å². The smallest absolute Gasteiger partial charge is 0.276 e. The molecule has 0 bridgehead atoms. The van der Waals surface area contributed by atoms with Gasteiger partial charge in [-0.15, -0.1) is 10.2 Å². The summed E-state index contributed by atoms with van der Waals surface area (Å²) in [6.45, 7) is 1.17. The van der Waals surface area contributed by atoms with Crippen molar-refractivity contribution in [1.82, 2.24) is 20.3 Å². The molecule has 1 aliphatic heterocycles. The quantitative estimate of drug-likeness (QED) is 0.823. The van der Waals surface area contributed by atoms with Gasteiger partial charge in [-0.3, -0.25) is 4.79 Å². The Labute approximate surface area is 152 Å². The van der Waals surface area contributed by atoms with E-state index >= 15 is 0 Å². The summed E-state index contributed by atoms with van der Waals surface area (Å²) in [5, 5.41) is 12.3. The number of anilines is 1. The summed E-state index contributed by atoms with van der Waals surface area (Å²) in [7, 11) is 3.82. The molecule has 0 saturated carbocycles. The Kier molecular flexibility index (Phi) is 4.48. The van der Waals surface area contributed by atoms with Crippen molar-refractivity contribution in [2.75, 3.05) is 32.1 Å². The SMILES string of the molecule is CN(C)c1ccc(OC2CCN(C(=O)c3noc4c3CCCC4)C2)nn1. The van der Waals surface area contributed by atoms with E-state index in [-0.39, 0.29) is 12.0 Å². The van der Waals surface area contributed by atoms with E-state index in [1.165, 1.54) is 0 Å². The van der Waals surface area contributed by atoms with Gasteiger partial charge in [-0.05, 0) is 25.3 Å². The zero-order valence-electron chi connectivity index (χ0n) is 15.1. The molecule has 1 amide bonds. The van der Waals surface area contributed by atoms with E-state index in [1.807, 2.05) is 25.1 Å². The highest BCUT2D eigenvalue weighted by Crippen LogP contribution is 2.26. The Morgan fingerprint density at radius 3 is 2.88 bits per heavy atom. The van der Waals surface area contributed by atoms with Crippen LogP contribution in [-0.2, 0) is 12.8 Å². The molecule has 138 valence electrons. The van der Waals surface area contributed by atoms with Gasteiger partial charge in [0.05, 0.1) is 6.54 Å². The Morgan fingerprint density at radius 2 is 2.12 bits per heavy atom. The van der Waals surface area contributed by atoms with Gasteiger partial charge in [0.15, 0.2) is 11.5 Å². The minimum absolute atomic E-state index is 0.0583. The maximum absolute atomic E-state index is 12.8. The monoisotopic (exact) mass is 357 g/mol. The third-order valence-electron chi connectivity index (χ3n) is 4.96. The standard InChI is InChI=1S/C18H23N5O3/c1-22(2)15-7-8-16(20-19-15)25-12-9-10-23(11-12)18(24)17-13-5-3-4-6-14(13)26-21-17/h7-8,12H,3-6,9-11H2,1-2H3. The first-order valence-corrected chi connectivity index (χ1v) is 9.06. The minimum atomic E-state index is -0.0822. The van der Waals surface area contributed by atoms with Crippen molar-refractivity contribution < 1.29 is 14.1 Å². The van der Waals surface area contributed by atoms with Crippen LogP contribution >= 0.6 is 0 Å². The lowest BCUT2D eigenvalue weighted by Crippen LogP contribution is -2.32. The second-order valence-electron chi connectivity index (χ2n) is 7.04. The predicted molar refractivity (Wildman–Crippen MR) is 94.4 cm³/mol. The number of hydrogen-bond donors (Lipinski definition) is 0. The van der Waals surface area contributed by atoms with Crippen LogP contribution in [0.2, 0.25) is 0 Å². The van der Waals surface area contributed by atoms with Gasteiger partial charge >= 0.3 is 0 Å². The molecule has 1 unspecified atom stereocenters. The molecule has 2 aromatic rings. The number of nitrogens with zero attached hydrogens (tertiary/aromatic N) is 5. The highest BCUT2D eigenvalue weighted by Gasteiger charge is 2.33. The van der Waals surface area contributed by atoms with E-state index in [0.717, 1.165) is 49.2 Å². The number of rotatable bonds is 4. The van der Waals surface area contributed by atoms with Crippen LogP contribution in [0, 0.1) is 0 Å². The summed E-state index contributed by atoms with van der Waals surface area (Å²) < 4.78 is 11.3. The summed E-state index contributed by atoms with van der Waals surface area (Å²) in [5.41, 5.74) is 1.48. The highest BCUT2D eigenvalue weighted by atomic mass is 16.5. The van der Waals surface area contributed by atoms with Gasteiger partial charge in [0, 0.05) is 45.1 Å². The Bertz CT molecular complexity index is 787. The van der Waals surface area contributed by atoms with Crippen molar-refractivity contribution >= 4 is 11.7 Å². The van der Waals surface area contributed by atoms with Crippen molar-refractivity contribution in [2.45, 2.75) is 38.2 Å². The molecule has 4 rings (SSSR count). The van der Waals surface area contributed by atoms with Gasteiger partial charge in [-0.2, -0.15) is 0 Å². The Morgan fingerprint density at radius 1 is 1.27 bits per heavy atom. The molecule has 2 aliphatic rings. The first-order valence-electron chi connectivity index (χ1n) is 9.06. The number of carbonyl (C=O) groups excluding carboxylic acids is 1. The first kappa shape index (κ1) is 16.8. The topological polar surface area (TPSA) is 84.6 Å². The molecule has 8 nitrogen and oxygen atoms in total. The summed E-state index contributed by atoms with van der Waals surface area (Å²) in [4.78, 5) is 16.5. The van der Waals surface area contributed by atoms with Crippen molar-refractivity contribution in [3.63, 3.8) is 0 Å². The molecule has 26 heavy (non-hydrogen) atoms. The van der Waals surface area contributed by atoms with Crippen LogP contribution in [0.25, 0.3) is 0 Å². The van der Waals surface area contributed by atoms with Gasteiger partial charge in [-0.1, -0.05) is 5.16 Å². The van der Waals surface area contributed by atoms with Crippen molar-refractivity contribution in [3.05, 3.63) is 29.2 Å². The molecular weight excluding hydrogens is 334 g/mol. The van der Waals surface area contributed by atoms with Crippen LogP contribution in [-0.4, -0.2) is 59.4 Å². The number of hydrogen-bond acceptors (Lipinski definition) is 7. The molecule has 3 heterocycles. The van der Waals surface area contributed by atoms with Crippen LogP contribution in [0.4, 0.5) is 5.82 Å². The van der Waals surface area contributed by atoms with Crippen molar-refractivity contribution in [2.24, 2.45) is 0 Å². The number of likely N-dealkylation sites (tertiary alicyclic amines) is 1. The largest absolute Gasteiger partial charge is 0.471 e. The molecule has 0 spiro atoms. The summed E-state index contributed by atoms with van der Waals surface area (Å²) in [5.74, 6) is 2.07. The molecule has 1 atom stereocenters. The van der Waals surface area contributed by atoms with Gasteiger partial charge in [0.1, 0.15) is 11.9 Å². The Hall–Kier alpha value is -2.64. The maximum Gasteiger partial charge on any atom is 0.276 e. The predicted octanol–water partition coefficient (Wildman–Crippen LogP) is 1.70. The highest BCUT2D eigenvalue weighted by molar-refractivity contribution is 5.94. The lowest BCUT2D eigenvalue weighted by Gasteiger charge is -2.17. The third-order valence-corrected chi connectivity index (χ3v) is 4.96. The zero-order chi connectivity index (χ0) is 18.1. The van der Waals surface area contributed by atoms with Crippen LogP contribution in [0.5, 0.6) is 5.88 Å². The summed E-state index contributed by atoms with van der Waals surface area (Å²) >= 11 is 0. The van der Waals surface area contributed by atoms with Gasteiger partial charge < -0.3 is 19.1 Å². The molecule has 1 fully saturated rings. The maximum atomic E-state index is 12.8. The van der Waals surface area contributed by atoms with E-state index in [1.54, 1.807) is 11.0 Å². The second-order valence-corrected chi connectivity index (χ2v) is 7.04. The van der Waals surface area contributed by atoms with Crippen LogP contribution < -0.4 is 9.64 Å². The number of aryl methyl sites for hydroxylation is 1. The molecule has 0 N–H and O–H groups in total. The zero-order valence-corrected chi connectivity index (χ0v) is 15.1. The third kappa shape index (κ3) is 3.23. The average molecular weight is 357 g/mol. The summed E-state index contributed by atoms with van der Waals surface area (Å²) in [6, 6.07) is 3.67. The molecule has 8 heteroatoms. The fourth-order valence-electron chi connectivity index (χ4n) is 3.50. The van der Waals surface area contributed by atoms with Gasteiger partial charge in [-0.25, -0.2) is 0 Å². The van der Waals surface area contributed by atoms with Crippen LogP contribution in [0.15, 0.2) is 16.7 Å². The van der Waals surface area contributed by atoms with E-state index in [2.05, 4.69) is 15.4 Å². The van der Waals surface area contributed by atoms with E-state index < -0.39 is 0 Å². The second kappa shape index (κ2) is 6.93. The average Bonchev–Trinajstić information content (AvgIpc) is 3.28. The number of amides is 1. The van der Waals surface area contributed by atoms with E-state index in [4.69, 9.17) is 9.26 Å². The van der Waals surface area contributed by atoms with Crippen LogP contribution in [0.3, 0.4) is 0 Å². The lowest BCUT2D eigenvalue weighted by molar-refractivity contribution is 0.0759. The lowest BCUT2D eigenvalue weighted by atomic mass is 9.96. The van der Waals surface area contributed by atoms with E-state index in [9.17, 15) is 4.79 Å². The van der Waals surface area contributed by atoms with Crippen molar-refractivity contribution in [1.29, 1.82) is 0 Å². The number of carbonyl (C=O) groups is 1. The summed E-state index contributed by atoms with van der Waals surface area (Å²) in [6.07, 6.45) is 4.62. The number of ether oxygens (including phenoxy) is 1. The molecule has 1 saturated heterocycles. The van der Waals surface area contributed by atoms with E-state index in [0.29, 0.717) is 24.7 Å². The fourth-order valence-corrected chi connectivity index (χ4v) is 3.50. The van der Waals surface area contributed by atoms with Gasteiger partial charge in [0.2, 0.25) is 5.88 Å². The normalized spacial score (nSPS) is 19.3. The molecule has 1 aliphatic carbocycles. The number of aromatic nitrogens is 3. The number of fused-ring (bicyclic) bond motifs is 1. The molecule has 0 radical (unpaired) electrons. The minimum Gasteiger partial charge on any atom is -0.471 e. The van der Waals surface area contributed by atoms with Gasteiger partial charge in [0.25, 0.3) is 5.91 Å². The van der Waals surface area contributed by atoms with Crippen LogP contribution in [0.1, 0.15) is 41.1 Å². The molecule has 2 aromatic heterocycles. The molecule has 0 aromatic carbocycles. The first-order chi connectivity index (χ1) is 12.6. The molecular formula is C18H23N5O3. The Balaban J connectivity index is 1.39. The fraction of sp³-hybridized carbons (Fsp3) is 0.556.